The predicted molar refractivity (Wildman–Crippen MR) is 149 cm³/mol. The SMILES string of the molecule is CC(C)c1nc2c(c(I)c1[C@H](O)c1ccc(C#N)cc1)C(O[Si](C)(C)C(C)(C)C)CC(C)(C)C2. The number of aromatic nitrogens is 1. The van der Waals surface area contributed by atoms with Gasteiger partial charge in [0.15, 0.2) is 8.32 Å². The van der Waals surface area contributed by atoms with E-state index < -0.39 is 14.4 Å². The van der Waals surface area contributed by atoms with Crippen molar-refractivity contribution in [1.82, 2.24) is 4.98 Å². The van der Waals surface area contributed by atoms with Gasteiger partial charge in [-0.1, -0.05) is 60.6 Å². The topological polar surface area (TPSA) is 66.1 Å². The average molecular weight is 591 g/mol. The van der Waals surface area contributed by atoms with Crippen LogP contribution in [-0.2, 0) is 10.8 Å². The van der Waals surface area contributed by atoms with Gasteiger partial charge in [0.25, 0.3) is 0 Å². The molecule has 1 N–H and O–H groups in total. The third kappa shape index (κ3) is 5.43. The summed E-state index contributed by atoms with van der Waals surface area (Å²) in [7, 11) is -2.02. The normalized spacial score (nSPS) is 19.0. The van der Waals surface area contributed by atoms with Crippen LogP contribution in [0.15, 0.2) is 24.3 Å². The summed E-state index contributed by atoms with van der Waals surface area (Å²) in [5, 5.41) is 20.8. The Morgan fingerprint density at radius 1 is 1.21 bits per heavy atom. The van der Waals surface area contributed by atoms with Gasteiger partial charge in [-0.25, -0.2) is 0 Å². The maximum atomic E-state index is 11.6. The molecule has 0 saturated carbocycles. The zero-order valence-electron chi connectivity index (χ0n) is 22.1. The van der Waals surface area contributed by atoms with Crippen molar-refractivity contribution in [2.24, 2.45) is 5.41 Å². The summed E-state index contributed by atoms with van der Waals surface area (Å²) in [5.74, 6) is 0.173. The Morgan fingerprint density at radius 3 is 2.29 bits per heavy atom. The minimum absolute atomic E-state index is 0.0350. The molecule has 0 spiro atoms. The first-order valence-corrected chi connectivity index (χ1v) is 16.1. The number of hydrogen-bond acceptors (Lipinski definition) is 4. The fourth-order valence-electron chi connectivity index (χ4n) is 4.48. The molecule has 4 nitrogen and oxygen atoms in total. The predicted octanol–water partition coefficient (Wildman–Crippen LogP) is 7.80. The first-order chi connectivity index (χ1) is 15.6. The highest BCUT2D eigenvalue weighted by Crippen LogP contribution is 2.50. The van der Waals surface area contributed by atoms with Gasteiger partial charge in [-0.3, -0.25) is 4.98 Å². The zero-order chi connectivity index (χ0) is 25.6. The molecule has 2 atom stereocenters. The lowest BCUT2D eigenvalue weighted by Crippen LogP contribution is -2.44. The number of halogens is 1. The number of aliphatic hydroxyl groups excluding tert-OH is 1. The Bertz CT molecular complexity index is 1100. The fourth-order valence-corrected chi connectivity index (χ4v) is 6.98. The van der Waals surface area contributed by atoms with Gasteiger partial charge in [-0.05, 0) is 82.6 Å². The van der Waals surface area contributed by atoms with Crippen molar-refractivity contribution in [3.63, 3.8) is 0 Å². The first kappa shape index (κ1) is 27.3. The second-order valence-corrected chi connectivity index (χ2v) is 18.1. The molecule has 0 bridgehead atoms. The highest BCUT2D eigenvalue weighted by molar-refractivity contribution is 14.1. The van der Waals surface area contributed by atoms with Gasteiger partial charge in [0.1, 0.15) is 6.10 Å². The van der Waals surface area contributed by atoms with Crippen LogP contribution in [0.5, 0.6) is 0 Å². The van der Waals surface area contributed by atoms with Crippen molar-refractivity contribution in [2.75, 3.05) is 0 Å². The molecule has 0 radical (unpaired) electrons. The van der Waals surface area contributed by atoms with Crippen LogP contribution in [-0.4, -0.2) is 18.4 Å². The monoisotopic (exact) mass is 590 g/mol. The number of nitriles is 1. The van der Waals surface area contributed by atoms with E-state index in [-0.39, 0.29) is 22.5 Å². The lowest BCUT2D eigenvalue weighted by atomic mass is 9.74. The second-order valence-electron chi connectivity index (χ2n) is 12.3. The second kappa shape index (κ2) is 9.65. The minimum Gasteiger partial charge on any atom is -0.410 e. The zero-order valence-corrected chi connectivity index (χ0v) is 25.2. The van der Waals surface area contributed by atoms with Crippen molar-refractivity contribution >= 4 is 30.9 Å². The van der Waals surface area contributed by atoms with E-state index in [0.29, 0.717) is 5.56 Å². The molecule has 3 rings (SSSR count). The summed E-state index contributed by atoms with van der Waals surface area (Å²) in [6.07, 6.45) is 1.01. The molecule has 2 aromatic rings. The first-order valence-electron chi connectivity index (χ1n) is 12.2. The number of benzene rings is 1. The van der Waals surface area contributed by atoms with E-state index in [1.807, 2.05) is 12.1 Å². The van der Waals surface area contributed by atoms with E-state index in [0.717, 1.165) is 44.5 Å². The Balaban J connectivity index is 2.20. The quantitative estimate of drug-likeness (QED) is 0.285. The molecule has 0 aliphatic heterocycles. The standard InChI is InChI=1S/C28H39IN2O2Si/c1-17(2)25-23(26(32)19-12-10-18(16-30)11-13-19)24(29)22-20(31-25)14-28(6,7)15-21(22)33-34(8,9)27(3,4)5/h10-13,17,21,26,32H,14-15H2,1-9H3/t21?,26-/m1/s1. The summed E-state index contributed by atoms with van der Waals surface area (Å²) in [5.41, 5.74) is 5.56. The molecule has 184 valence electrons. The van der Waals surface area contributed by atoms with Crippen LogP contribution in [0.4, 0.5) is 0 Å². The van der Waals surface area contributed by atoms with Gasteiger partial charge in [-0.2, -0.15) is 5.26 Å². The number of nitrogens with zero attached hydrogens (tertiary/aromatic N) is 2. The molecule has 0 amide bonds. The third-order valence-electron chi connectivity index (χ3n) is 7.44. The molecule has 1 unspecified atom stereocenters. The van der Waals surface area contributed by atoms with Crippen molar-refractivity contribution < 1.29 is 9.53 Å². The number of fused-ring (bicyclic) bond motifs is 1. The minimum atomic E-state index is -2.02. The Morgan fingerprint density at radius 2 is 1.79 bits per heavy atom. The van der Waals surface area contributed by atoms with E-state index in [1.54, 1.807) is 12.1 Å². The van der Waals surface area contributed by atoms with Gasteiger partial charge in [0.2, 0.25) is 0 Å². The Kier molecular flexibility index (Phi) is 7.75. The van der Waals surface area contributed by atoms with E-state index in [4.69, 9.17) is 14.7 Å². The van der Waals surface area contributed by atoms with Crippen LogP contribution >= 0.6 is 22.6 Å². The van der Waals surface area contributed by atoms with Crippen molar-refractivity contribution in [3.8, 4) is 6.07 Å². The molecule has 1 heterocycles. The molecular formula is C28H39IN2O2Si. The lowest BCUT2D eigenvalue weighted by molar-refractivity contribution is 0.104. The smallest absolute Gasteiger partial charge is 0.192 e. The van der Waals surface area contributed by atoms with Crippen LogP contribution in [0, 0.1) is 20.3 Å². The summed E-state index contributed by atoms with van der Waals surface area (Å²) in [6, 6.07) is 9.36. The molecule has 0 saturated heterocycles. The molecule has 6 heteroatoms. The van der Waals surface area contributed by atoms with Gasteiger partial charge in [0.05, 0.1) is 23.4 Å². The van der Waals surface area contributed by atoms with Crippen LogP contribution in [0.2, 0.25) is 18.1 Å². The molecule has 1 aliphatic rings. The van der Waals surface area contributed by atoms with Crippen LogP contribution in [0.25, 0.3) is 0 Å². The molecule has 0 fully saturated rings. The Labute approximate surface area is 220 Å². The maximum absolute atomic E-state index is 11.6. The maximum Gasteiger partial charge on any atom is 0.192 e. The summed E-state index contributed by atoms with van der Waals surface area (Å²) in [4.78, 5) is 5.21. The van der Waals surface area contributed by atoms with Crippen LogP contribution in [0.3, 0.4) is 0 Å². The van der Waals surface area contributed by atoms with Gasteiger partial charge >= 0.3 is 0 Å². The number of hydrogen-bond donors (Lipinski definition) is 1. The average Bonchev–Trinajstić information content (AvgIpc) is 2.70. The summed E-state index contributed by atoms with van der Waals surface area (Å²) >= 11 is 2.42. The number of pyridine rings is 1. The van der Waals surface area contributed by atoms with Crippen LogP contribution < -0.4 is 0 Å². The van der Waals surface area contributed by atoms with E-state index in [9.17, 15) is 5.11 Å². The van der Waals surface area contributed by atoms with Gasteiger partial charge in [-0.15, -0.1) is 0 Å². The fraction of sp³-hybridized carbons (Fsp3) is 0.571. The van der Waals surface area contributed by atoms with E-state index in [2.05, 4.69) is 90.2 Å². The number of aliphatic hydroxyl groups is 1. The van der Waals surface area contributed by atoms with Gasteiger partial charge < -0.3 is 9.53 Å². The molecular weight excluding hydrogens is 551 g/mol. The van der Waals surface area contributed by atoms with Gasteiger partial charge in [0, 0.05) is 20.4 Å². The van der Waals surface area contributed by atoms with Crippen molar-refractivity contribution in [1.29, 1.82) is 5.26 Å². The van der Waals surface area contributed by atoms with E-state index >= 15 is 0 Å². The molecule has 1 aromatic heterocycles. The summed E-state index contributed by atoms with van der Waals surface area (Å²) < 4.78 is 8.11. The largest absolute Gasteiger partial charge is 0.410 e. The molecule has 1 aromatic carbocycles. The lowest BCUT2D eigenvalue weighted by Gasteiger charge is -2.44. The molecule has 34 heavy (non-hydrogen) atoms. The summed E-state index contributed by atoms with van der Waals surface area (Å²) in [6.45, 7) is 20.3. The third-order valence-corrected chi connectivity index (χ3v) is 13.1. The highest BCUT2D eigenvalue weighted by Gasteiger charge is 2.44. The van der Waals surface area contributed by atoms with E-state index in [1.165, 1.54) is 0 Å². The number of rotatable bonds is 5. The highest BCUT2D eigenvalue weighted by atomic mass is 127. The van der Waals surface area contributed by atoms with Crippen molar-refractivity contribution in [2.45, 2.75) is 97.6 Å². The molecule has 1 aliphatic carbocycles. The van der Waals surface area contributed by atoms with Crippen molar-refractivity contribution in [3.05, 3.63) is 61.5 Å². The van der Waals surface area contributed by atoms with Crippen LogP contribution in [0.1, 0.15) is 107 Å². The Hall–Kier alpha value is -1.27.